The third-order valence-corrected chi connectivity index (χ3v) is 15.3. The van der Waals surface area contributed by atoms with Gasteiger partial charge < -0.3 is 45.0 Å². The number of likely N-dealkylation sites (tertiary alicyclic amines) is 1. The summed E-state index contributed by atoms with van der Waals surface area (Å²) < 4.78 is 91.2. The summed E-state index contributed by atoms with van der Waals surface area (Å²) in [6, 6.07) is 6.52. The molecular formula is C53H72ClF6N7O8. The normalized spacial score (nSPS) is 24.7. The molecular weight excluding hydrogens is 1010 g/mol. The Hall–Kier alpha value is -5.15. The molecule has 0 aromatic heterocycles. The lowest BCUT2D eigenvalue weighted by molar-refractivity contribution is -0.299. The zero-order chi connectivity index (χ0) is 55.0. The average Bonchev–Trinajstić information content (AvgIpc) is 3.76. The van der Waals surface area contributed by atoms with Crippen LogP contribution in [0.3, 0.4) is 0 Å². The van der Waals surface area contributed by atoms with Gasteiger partial charge in [0.25, 0.3) is 5.92 Å². The van der Waals surface area contributed by atoms with E-state index in [0.717, 1.165) is 34.8 Å². The first kappa shape index (κ1) is 59.1. The van der Waals surface area contributed by atoms with Crippen LogP contribution < -0.4 is 15.5 Å². The lowest BCUT2D eigenvalue weighted by Crippen LogP contribution is -2.65. The summed E-state index contributed by atoms with van der Waals surface area (Å²) in [6.45, 7) is 5.44. The fourth-order valence-electron chi connectivity index (χ4n) is 10.8. The molecule has 22 heteroatoms. The van der Waals surface area contributed by atoms with Crippen molar-refractivity contribution >= 4 is 52.7 Å². The summed E-state index contributed by atoms with van der Waals surface area (Å²) in [4.78, 5) is 92.7. The van der Waals surface area contributed by atoms with Crippen LogP contribution in [-0.4, -0.2) is 176 Å². The van der Waals surface area contributed by atoms with Crippen molar-refractivity contribution in [2.75, 3.05) is 72.0 Å². The number of aliphatic hydroxyl groups excluding tert-OH is 1. The van der Waals surface area contributed by atoms with Gasteiger partial charge in [-0.1, -0.05) is 69.3 Å². The fourth-order valence-corrected chi connectivity index (χ4v) is 11.0. The molecule has 3 N–H and O–H groups in total. The van der Waals surface area contributed by atoms with Crippen LogP contribution in [0.15, 0.2) is 42.5 Å². The van der Waals surface area contributed by atoms with Crippen LogP contribution in [0.25, 0.3) is 11.1 Å². The van der Waals surface area contributed by atoms with E-state index in [1.165, 1.54) is 19.0 Å². The number of ether oxygens (including phenoxy) is 1. The van der Waals surface area contributed by atoms with Crippen molar-refractivity contribution in [3.8, 4) is 11.1 Å². The Bertz CT molecular complexity index is 2330. The number of aliphatic hydroxyl groups is 1. The van der Waals surface area contributed by atoms with Crippen molar-refractivity contribution in [3.05, 3.63) is 53.1 Å². The molecule has 4 fully saturated rings. The first-order valence-corrected chi connectivity index (χ1v) is 26.4. The maximum Gasteiger partial charge on any atom is 0.403 e. The highest BCUT2D eigenvalue weighted by Gasteiger charge is 2.75. The molecule has 2 aromatic carbocycles. The minimum atomic E-state index is -5.43. The summed E-state index contributed by atoms with van der Waals surface area (Å²) in [6.07, 6.45) is -8.88. The van der Waals surface area contributed by atoms with Gasteiger partial charge in [0.15, 0.2) is 5.41 Å². The Morgan fingerprint density at radius 2 is 1.60 bits per heavy atom. The summed E-state index contributed by atoms with van der Waals surface area (Å²) >= 11 is 6.62. The van der Waals surface area contributed by atoms with E-state index in [4.69, 9.17) is 16.3 Å². The van der Waals surface area contributed by atoms with Gasteiger partial charge in [-0.2, -0.15) is 13.2 Å². The third kappa shape index (κ3) is 14.3. The van der Waals surface area contributed by atoms with Crippen LogP contribution in [-0.2, 0) is 39.9 Å². The molecule has 3 saturated heterocycles. The molecule has 15 nitrogen and oxygen atoms in total. The maximum absolute atomic E-state index is 15.0. The quantitative estimate of drug-likeness (QED) is 0.177. The largest absolute Gasteiger partial charge is 0.403 e. The number of likely N-dealkylation sites (N-methyl/N-ethyl adjacent to an activating group) is 3. The maximum atomic E-state index is 15.0. The molecule has 0 unspecified atom stereocenters. The van der Waals surface area contributed by atoms with Crippen LogP contribution in [0.4, 0.5) is 32.0 Å². The molecule has 3 heterocycles. The first-order chi connectivity index (χ1) is 35.4. The number of amides is 6. The number of carbonyl (C=O) groups is 6. The smallest absolute Gasteiger partial charge is 0.396 e. The van der Waals surface area contributed by atoms with Crippen molar-refractivity contribution < 1.29 is 65.0 Å². The molecule has 1 aliphatic carbocycles. The minimum Gasteiger partial charge on any atom is -0.396 e. The van der Waals surface area contributed by atoms with Crippen LogP contribution in [0.2, 0.25) is 5.02 Å². The number of hydrogen-bond acceptors (Lipinski definition) is 9. The molecule has 4 aliphatic rings. The summed E-state index contributed by atoms with van der Waals surface area (Å²) in [5.74, 6) is -9.54. The second kappa shape index (κ2) is 25.3. The van der Waals surface area contributed by atoms with Gasteiger partial charge in [-0.25, -0.2) is 13.2 Å². The molecule has 0 radical (unpaired) electrons. The summed E-state index contributed by atoms with van der Waals surface area (Å²) in [5.41, 5.74) is -0.105. The van der Waals surface area contributed by atoms with E-state index in [1.54, 1.807) is 24.1 Å². The number of benzene rings is 2. The highest BCUT2D eigenvalue weighted by Crippen LogP contribution is 2.61. The number of nitrogens with one attached hydrogen (secondary N) is 2. The zero-order valence-corrected chi connectivity index (χ0v) is 44.2. The average molecular weight is 1080 g/mol. The Balaban J connectivity index is 1.26. The predicted molar refractivity (Wildman–Crippen MR) is 269 cm³/mol. The SMILES string of the molecule is CC(C)C[C@@H]1NC(=O)[C@@H](N(C)C(=O)[C@H](CCCO)NC(=O)[C@@H]2C[C@@H](F)CN2C(=O)C2(C(F)(F)F)CC(F)(F)C2)CCCCCCCN(C)C(=O)[C@H](Cc2cc(Cl)ccc2-c2ccc(N3CCOCC3)cc2)N(C)C1=O. The fraction of sp³-hybridized carbons (Fsp3) is 0.660. The second-order valence-electron chi connectivity index (χ2n) is 21.1. The van der Waals surface area contributed by atoms with Crippen LogP contribution >= 0.6 is 11.6 Å². The second-order valence-corrected chi connectivity index (χ2v) is 21.5. The number of hydrogen-bond donors (Lipinski definition) is 3. The lowest BCUT2D eigenvalue weighted by Gasteiger charge is -2.48. The number of anilines is 1. The monoisotopic (exact) mass is 1080 g/mol. The number of halogens is 7. The minimum absolute atomic E-state index is 0.0631. The van der Waals surface area contributed by atoms with E-state index in [2.05, 4.69) is 15.5 Å². The van der Waals surface area contributed by atoms with Gasteiger partial charge in [0.1, 0.15) is 36.4 Å². The highest BCUT2D eigenvalue weighted by molar-refractivity contribution is 6.30. The molecule has 6 atom stereocenters. The Kier molecular flexibility index (Phi) is 20.0. The Morgan fingerprint density at radius 3 is 2.23 bits per heavy atom. The molecule has 416 valence electrons. The van der Waals surface area contributed by atoms with E-state index in [1.807, 2.05) is 44.2 Å². The lowest BCUT2D eigenvalue weighted by atomic mass is 9.64. The van der Waals surface area contributed by atoms with Crippen LogP contribution in [0.1, 0.15) is 96.5 Å². The first-order valence-electron chi connectivity index (χ1n) is 26.0. The number of rotatable bonds is 14. The van der Waals surface area contributed by atoms with E-state index >= 15 is 0 Å². The third-order valence-electron chi connectivity index (χ3n) is 15.1. The van der Waals surface area contributed by atoms with Crippen LogP contribution in [0.5, 0.6) is 0 Å². The molecule has 3 aliphatic heterocycles. The van der Waals surface area contributed by atoms with Crippen molar-refractivity contribution in [2.24, 2.45) is 11.3 Å². The summed E-state index contributed by atoms with van der Waals surface area (Å²) in [7, 11) is 4.52. The molecule has 6 amide bonds. The van der Waals surface area contributed by atoms with Gasteiger partial charge in [0.2, 0.25) is 35.4 Å². The molecule has 1 saturated carbocycles. The molecule has 6 rings (SSSR count). The Morgan fingerprint density at radius 1 is 0.947 bits per heavy atom. The van der Waals surface area contributed by atoms with Gasteiger partial charge in [-0.15, -0.1) is 0 Å². The summed E-state index contributed by atoms with van der Waals surface area (Å²) in [5, 5.41) is 15.5. The number of carbonyl (C=O) groups excluding carboxylic acids is 6. The molecule has 75 heavy (non-hydrogen) atoms. The van der Waals surface area contributed by atoms with Gasteiger partial charge in [-0.05, 0) is 79.0 Å². The van der Waals surface area contributed by atoms with Gasteiger partial charge in [0, 0.05) is 83.8 Å². The number of morpholine rings is 1. The van der Waals surface area contributed by atoms with Gasteiger partial charge in [-0.3, -0.25) is 28.8 Å². The number of nitrogens with zero attached hydrogens (tertiary/aromatic N) is 5. The standard InChI is InChI=1S/C53H72ClF6N7O8/c1-33(2)26-41-48(72)65(5)44(28-35-27-36(54)16-19-39(35)34-14-17-38(18-15-34)66-21-24-75-25-22-66)49(73)63(3)20-10-8-6-7-9-13-42(45(69)62-41)64(4)47(71)40(12-11-23-68)61-46(70)43-29-37(55)30-67(43)50(74)51(53(58,59)60)31-52(56,57)32-51/h14-19,27,33,37,40-44,68H,6-13,20-26,28-32H2,1-5H3,(H,61,70)(H,62,69)/t37-,40+,41+,42+,43+,44+/m1/s1. The van der Waals surface area contributed by atoms with Gasteiger partial charge in [0.05, 0.1) is 19.8 Å². The van der Waals surface area contributed by atoms with E-state index in [9.17, 15) is 60.2 Å². The Labute approximate surface area is 440 Å². The van der Waals surface area contributed by atoms with Crippen molar-refractivity contribution in [2.45, 2.75) is 146 Å². The zero-order valence-electron chi connectivity index (χ0n) is 43.4. The van der Waals surface area contributed by atoms with E-state index < -0.39 is 116 Å². The molecule has 2 aromatic rings. The van der Waals surface area contributed by atoms with E-state index in [-0.39, 0.29) is 43.9 Å². The van der Waals surface area contributed by atoms with Gasteiger partial charge >= 0.3 is 6.18 Å². The molecule has 0 bridgehead atoms. The number of alkyl halides is 6. The van der Waals surface area contributed by atoms with Crippen molar-refractivity contribution in [3.63, 3.8) is 0 Å². The highest BCUT2D eigenvalue weighted by atomic mass is 35.5. The van der Waals surface area contributed by atoms with Crippen molar-refractivity contribution in [1.29, 1.82) is 0 Å². The topological polar surface area (TPSA) is 172 Å². The van der Waals surface area contributed by atoms with Crippen molar-refractivity contribution in [1.82, 2.24) is 30.2 Å². The predicted octanol–water partition coefficient (Wildman–Crippen LogP) is 6.56. The van der Waals surface area contributed by atoms with Crippen LogP contribution in [0, 0.1) is 11.3 Å². The van der Waals surface area contributed by atoms with E-state index in [0.29, 0.717) is 67.3 Å². The molecule has 0 spiro atoms.